The molecule has 6 heteroatoms. The van der Waals surface area contributed by atoms with Crippen LogP contribution in [0.1, 0.15) is 18.4 Å². The summed E-state index contributed by atoms with van der Waals surface area (Å²) in [6.45, 7) is 1.23. The van der Waals surface area contributed by atoms with E-state index in [1.165, 1.54) is 7.11 Å². The third kappa shape index (κ3) is 4.82. The van der Waals surface area contributed by atoms with E-state index in [-0.39, 0.29) is 18.4 Å². The van der Waals surface area contributed by atoms with Crippen molar-refractivity contribution in [1.82, 2.24) is 14.8 Å². The van der Waals surface area contributed by atoms with Crippen LogP contribution in [0.5, 0.6) is 0 Å². The number of piperidine rings is 1. The molecule has 1 aliphatic rings. The summed E-state index contributed by atoms with van der Waals surface area (Å²) in [5, 5.41) is 0. The van der Waals surface area contributed by atoms with Gasteiger partial charge in [-0.15, -0.1) is 0 Å². The van der Waals surface area contributed by atoms with Crippen LogP contribution < -0.4 is 0 Å². The third-order valence-corrected chi connectivity index (χ3v) is 5.67. The summed E-state index contributed by atoms with van der Waals surface area (Å²) in [5.74, 6) is 0.111. The molecule has 0 unspecified atom stereocenters. The normalized spacial score (nSPS) is 15.8. The number of hydrogen-bond donors (Lipinski definition) is 0. The number of pyridine rings is 1. The maximum atomic E-state index is 13.2. The molecule has 1 saturated heterocycles. The zero-order valence-electron chi connectivity index (χ0n) is 17.4. The van der Waals surface area contributed by atoms with Crippen LogP contribution in [-0.4, -0.2) is 67.5 Å². The van der Waals surface area contributed by atoms with E-state index in [2.05, 4.69) is 23.2 Å². The molecule has 1 fully saturated rings. The van der Waals surface area contributed by atoms with Crippen LogP contribution in [0.2, 0.25) is 0 Å². The van der Waals surface area contributed by atoms with Gasteiger partial charge in [0.2, 0.25) is 11.8 Å². The molecule has 0 spiro atoms. The molecule has 6 nitrogen and oxygen atoms in total. The smallest absolute Gasteiger partial charge is 0.248 e. The van der Waals surface area contributed by atoms with Crippen molar-refractivity contribution in [2.75, 3.05) is 40.9 Å². The Morgan fingerprint density at radius 2 is 1.86 bits per heavy atom. The van der Waals surface area contributed by atoms with Crippen molar-refractivity contribution in [3.8, 4) is 11.1 Å². The second kappa shape index (κ2) is 9.18. The maximum Gasteiger partial charge on any atom is 0.248 e. The van der Waals surface area contributed by atoms with E-state index in [0.29, 0.717) is 32.4 Å². The fourth-order valence-corrected chi connectivity index (χ4v) is 4.12. The molecule has 0 bridgehead atoms. The van der Waals surface area contributed by atoms with Gasteiger partial charge < -0.3 is 14.5 Å². The highest BCUT2D eigenvalue weighted by Gasteiger charge is 2.43. The van der Waals surface area contributed by atoms with Gasteiger partial charge in [-0.25, -0.2) is 0 Å². The van der Waals surface area contributed by atoms with Crippen LogP contribution in [0.3, 0.4) is 0 Å². The lowest BCUT2D eigenvalue weighted by molar-refractivity contribution is -0.147. The van der Waals surface area contributed by atoms with Crippen LogP contribution in [0.15, 0.2) is 48.8 Å². The van der Waals surface area contributed by atoms with Gasteiger partial charge in [-0.05, 0) is 42.0 Å². The summed E-state index contributed by atoms with van der Waals surface area (Å²) in [6, 6.07) is 12.3. The summed E-state index contributed by atoms with van der Waals surface area (Å²) in [7, 11) is 5.13. The first-order chi connectivity index (χ1) is 13.9. The second-order valence-corrected chi connectivity index (χ2v) is 7.91. The number of hydrogen-bond acceptors (Lipinski definition) is 4. The maximum absolute atomic E-state index is 13.2. The first kappa shape index (κ1) is 21.0. The number of aromatic nitrogens is 1. The Bertz CT molecular complexity index is 843. The number of ether oxygens (including phenoxy) is 1. The van der Waals surface area contributed by atoms with Gasteiger partial charge in [0.1, 0.15) is 6.61 Å². The molecule has 2 amide bonds. The van der Waals surface area contributed by atoms with Gasteiger partial charge in [0.15, 0.2) is 0 Å². The first-order valence-electron chi connectivity index (χ1n) is 9.93. The van der Waals surface area contributed by atoms with Crippen molar-refractivity contribution in [3.05, 3.63) is 54.4 Å². The Kier molecular flexibility index (Phi) is 6.64. The predicted octanol–water partition coefficient (Wildman–Crippen LogP) is 2.63. The Hall–Kier alpha value is -2.73. The number of carbonyl (C=O) groups is 2. The minimum Gasteiger partial charge on any atom is -0.375 e. The molecule has 0 radical (unpaired) electrons. The summed E-state index contributed by atoms with van der Waals surface area (Å²) in [6.07, 6.45) is 5.56. The minimum atomic E-state index is -0.499. The molecule has 3 rings (SSSR count). The summed E-state index contributed by atoms with van der Waals surface area (Å²) < 4.78 is 4.97. The summed E-state index contributed by atoms with van der Waals surface area (Å²) in [5.41, 5.74) is 2.78. The van der Waals surface area contributed by atoms with Gasteiger partial charge in [-0.1, -0.05) is 30.3 Å². The van der Waals surface area contributed by atoms with E-state index in [1.54, 1.807) is 30.1 Å². The molecule has 0 aliphatic carbocycles. The molecular weight excluding hydrogens is 366 g/mol. The van der Waals surface area contributed by atoms with E-state index >= 15 is 0 Å². The highest BCUT2D eigenvalue weighted by atomic mass is 16.5. The van der Waals surface area contributed by atoms with Crippen molar-refractivity contribution >= 4 is 11.8 Å². The Labute approximate surface area is 172 Å². The van der Waals surface area contributed by atoms with Crippen molar-refractivity contribution in [2.45, 2.75) is 19.3 Å². The highest BCUT2D eigenvalue weighted by molar-refractivity contribution is 5.84. The lowest BCUT2D eigenvalue weighted by Gasteiger charge is -2.42. The molecule has 1 aliphatic heterocycles. The van der Waals surface area contributed by atoms with Crippen LogP contribution in [-0.2, 0) is 20.7 Å². The lowest BCUT2D eigenvalue weighted by atomic mass is 9.72. The zero-order valence-corrected chi connectivity index (χ0v) is 17.4. The lowest BCUT2D eigenvalue weighted by Crippen LogP contribution is -2.51. The van der Waals surface area contributed by atoms with E-state index in [9.17, 15) is 9.59 Å². The Morgan fingerprint density at radius 1 is 1.14 bits per heavy atom. The van der Waals surface area contributed by atoms with Gasteiger partial charge in [0, 0.05) is 46.7 Å². The van der Waals surface area contributed by atoms with Crippen LogP contribution in [0.4, 0.5) is 0 Å². The molecule has 2 heterocycles. The molecule has 0 saturated carbocycles. The number of nitrogens with zero attached hydrogens (tertiary/aromatic N) is 3. The molecule has 0 N–H and O–H groups in total. The average Bonchev–Trinajstić information content (AvgIpc) is 2.74. The second-order valence-electron chi connectivity index (χ2n) is 7.91. The number of benzene rings is 1. The zero-order chi connectivity index (χ0) is 20.9. The standard InChI is InChI=1S/C23H29N3O3/c1-25(2)22(28)23(9-12-26(13-10-23)21(27)17-29-3)15-18-6-4-7-19(14-18)20-8-5-11-24-16-20/h4-8,11,14,16H,9-10,12-13,15,17H2,1-3H3. The van der Waals surface area contributed by atoms with E-state index in [1.807, 2.05) is 24.4 Å². The SMILES string of the molecule is COCC(=O)N1CCC(Cc2cccc(-c3cccnc3)c2)(C(=O)N(C)C)CC1. The van der Waals surface area contributed by atoms with Gasteiger partial charge in [0.05, 0.1) is 5.41 Å². The molecule has 2 aromatic rings. The fraction of sp³-hybridized carbons (Fsp3) is 0.435. The van der Waals surface area contributed by atoms with E-state index < -0.39 is 5.41 Å². The van der Waals surface area contributed by atoms with Crippen LogP contribution in [0.25, 0.3) is 11.1 Å². The first-order valence-corrected chi connectivity index (χ1v) is 9.93. The van der Waals surface area contributed by atoms with E-state index in [4.69, 9.17) is 4.74 Å². The van der Waals surface area contributed by atoms with Crippen molar-refractivity contribution in [3.63, 3.8) is 0 Å². The van der Waals surface area contributed by atoms with Crippen molar-refractivity contribution in [1.29, 1.82) is 0 Å². The number of likely N-dealkylation sites (tertiary alicyclic amines) is 1. The van der Waals surface area contributed by atoms with Crippen LogP contribution >= 0.6 is 0 Å². The fourth-order valence-electron chi connectivity index (χ4n) is 4.12. The third-order valence-electron chi connectivity index (χ3n) is 5.67. The minimum absolute atomic E-state index is 0.0167. The Morgan fingerprint density at radius 3 is 2.48 bits per heavy atom. The number of amides is 2. The molecule has 29 heavy (non-hydrogen) atoms. The van der Waals surface area contributed by atoms with Gasteiger partial charge >= 0.3 is 0 Å². The Balaban J connectivity index is 1.83. The van der Waals surface area contributed by atoms with Crippen molar-refractivity contribution < 1.29 is 14.3 Å². The molecule has 154 valence electrons. The monoisotopic (exact) mass is 395 g/mol. The number of rotatable bonds is 6. The topological polar surface area (TPSA) is 62.7 Å². The quantitative estimate of drug-likeness (QED) is 0.754. The summed E-state index contributed by atoms with van der Waals surface area (Å²) in [4.78, 5) is 33.0. The summed E-state index contributed by atoms with van der Waals surface area (Å²) >= 11 is 0. The average molecular weight is 396 g/mol. The van der Waals surface area contributed by atoms with Gasteiger partial charge in [0.25, 0.3) is 0 Å². The van der Waals surface area contributed by atoms with E-state index in [0.717, 1.165) is 16.7 Å². The largest absolute Gasteiger partial charge is 0.375 e. The highest BCUT2D eigenvalue weighted by Crippen LogP contribution is 2.37. The molecular formula is C23H29N3O3. The van der Waals surface area contributed by atoms with Gasteiger partial charge in [-0.2, -0.15) is 0 Å². The predicted molar refractivity (Wildman–Crippen MR) is 112 cm³/mol. The molecule has 1 aromatic carbocycles. The van der Waals surface area contributed by atoms with Crippen LogP contribution in [0, 0.1) is 5.41 Å². The number of methoxy groups -OCH3 is 1. The number of carbonyl (C=O) groups excluding carboxylic acids is 2. The molecule has 0 atom stereocenters. The van der Waals surface area contributed by atoms with Gasteiger partial charge in [-0.3, -0.25) is 14.6 Å². The molecule has 1 aromatic heterocycles. The van der Waals surface area contributed by atoms with Crippen molar-refractivity contribution in [2.24, 2.45) is 5.41 Å².